The summed E-state index contributed by atoms with van der Waals surface area (Å²) in [5.41, 5.74) is 2.61. The number of tetrazole rings is 1. The molecular weight excluding hydrogens is 366 g/mol. The minimum Gasteiger partial charge on any atom is -0.451 e. The van der Waals surface area contributed by atoms with Crippen LogP contribution in [0.5, 0.6) is 0 Å². The number of para-hydroxylation sites is 1. The molecule has 27 heavy (non-hydrogen) atoms. The summed E-state index contributed by atoms with van der Waals surface area (Å²) < 4.78 is 5.19. The van der Waals surface area contributed by atoms with Crippen LogP contribution in [0.25, 0.3) is 10.7 Å². The smallest absolute Gasteiger partial charge is 0.330 e. The number of carbonyl (C=O) groups is 2. The van der Waals surface area contributed by atoms with Crippen molar-refractivity contribution in [2.24, 2.45) is 0 Å². The van der Waals surface area contributed by atoms with Crippen molar-refractivity contribution in [1.29, 1.82) is 0 Å². The summed E-state index contributed by atoms with van der Waals surface area (Å²) in [5.74, 6) is -0.570. The second kappa shape index (κ2) is 8.09. The number of rotatable bonds is 6. The maximum atomic E-state index is 12.3. The van der Waals surface area contributed by atoms with Gasteiger partial charge in [-0.15, -0.1) is 21.5 Å². The van der Waals surface area contributed by atoms with Gasteiger partial charge in [0.2, 0.25) is 5.82 Å². The zero-order chi connectivity index (χ0) is 19.4. The van der Waals surface area contributed by atoms with E-state index in [1.54, 1.807) is 0 Å². The number of ether oxygens (including phenoxy) is 1. The van der Waals surface area contributed by atoms with Crippen molar-refractivity contribution < 1.29 is 14.3 Å². The summed E-state index contributed by atoms with van der Waals surface area (Å²) in [6.07, 6.45) is -0.947. The molecule has 1 aromatic carbocycles. The van der Waals surface area contributed by atoms with E-state index in [-0.39, 0.29) is 6.54 Å². The number of thiophene rings is 1. The third kappa shape index (κ3) is 4.56. The molecule has 1 amide bonds. The number of aryl methyl sites for hydroxylation is 2. The fourth-order valence-corrected chi connectivity index (χ4v) is 3.10. The van der Waals surface area contributed by atoms with E-state index in [0.29, 0.717) is 5.82 Å². The average molecular weight is 385 g/mol. The van der Waals surface area contributed by atoms with Gasteiger partial charge >= 0.3 is 5.97 Å². The van der Waals surface area contributed by atoms with Crippen LogP contribution < -0.4 is 5.32 Å². The van der Waals surface area contributed by atoms with Gasteiger partial charge in [-0.05, 0) is 48.6 Å². The molecule has 0 unspecified atom stereocenters. The molecule has 0 saturated heterocycles. The Morgan fingerprint density at radius 1 is 1.22 bits per heavy atom. The first kappa shape index (κ1) is 18.7. The standard InChI is InChI=1S/C18H19N5O3S/c1-11-6-4-7-12(2)16(11)19-18(25)13(3)26-15(24)10-23-21-17(20-22-23)14-8-5-9-27-14/h4-9,13H,10H2,1-3H3,(H,19,25)/t13-/m0/s1. The molecule has 3 aromatic rings. The van der Waals surface area contributed by atoms with Crippen molar-refractivity contribution in [2.75, 3.05) is 5.32 Å². The minimum absolute atomic E-state index is 0.223. The van der Waals surface area contributed by atoms with Gasteiger partial charge in [-0.25, -0.2) is 4.79 Å². The van der Waals surface area contributed by atoms with E-state index in [0.717, 1.165) is 26.5 Å². The van der Waals surface area contributed by atoms with Crippen molar-refractivity contribution in [3.63, 3.8) is 0 Å². The molecule has 9 heteroatoms. The van der Waals surface area contributed by atoms with Gasteiger partial charge in [0.1, 0.15) is 0 Å². The Hall–Kier alpha value is -3.07. The van der Waals surface area contributed by atoms with E-state index in [4.69, 9.17) is 4.74 Å². The summed E-state index contributed by atoms with van der Waals surface area (Å²) >= 11 is 1.48. The lowest BCUT2D eigenvalue weighted by atomic mass is 10.1. The van der Waals surface area contributed by atoms with Crippen molar-refractivity contribution >= 4 is 28.9 Å². The van der Waals surface area contributed by atoms with Gasteiger partial charge in [-0.2, -0.15) is 4.80 Å². The highest BCUT2D eigenvalue weighted by Gasteiger charge is 2.20. The number of hydrogen-bond donors (Lipinski definition) is 1. The number of hydrogen-bond acceptors (Lipinski definition) is 7. The van der Waals surface area contributed by atoms with E-state index in [1.165, 1.54) is 18.3 Å². The van der Waals surface area contributed by atoms with Gasteiger partial charge in [-0.1, -0.05) is 24.3 Å². The number of amides is 1. The van der Waals surface area contributed by atoms with E-state index in [1.807, 2.05) is 49.6 Å². The predicted octanol–water partition coefficient (Wildman–Crippen LogP) is 2.59. The Bertz CT molecular complexity index is 932. The molecule has 0 radical (unpaired) electrons. The number of nitrogens with zero attached hydrogens (tertiary/aromatic N) is 4. The fraction of sp³-hybridized carbons (Fsp3) is 0.278. The molecule has 3 rings (SSSR count). The number of nitrogens with one attached hydrogen (secondary N) is 1. The Labute approximate surface area is 160 Å². The Balaban J connectivity index is 1.56. The SMILES string of the molecule is Cc1cccc(C)c1NC(=O)[C@H](C)OC(=O)Cn1nnc(-c2cccs2)n1. The van der Waals surface area contributed by atoms with E-state index >= 15 is 0 Å². The lowest BCUT2D eigenvalue weighted by Gasteiger charge is -2.16. The summed E-state index contributed by atoms with van der Waals surface area (Å²) in [6, 6.07) is 9.47. The Morgan fingerprint density at radius 2 is 1.96 bits per heavy atom. The second-order valence-electron chi connectivity index (χ2n) is 6.01. The monoisotopic (exact) mass is 385 g/mol. The van der Waals surface area contributed by atoms with Gasteiger partial charge in [-0.3, -0.25) is 4.79 Å². The van der Waals surface area contributed by atoms with Crippen LogP contribution in [-0.2, 0) is 20.9 Å². The highest BCUT2D eigenvalue weighted by molar-refractivity contribution is 7.13. The van der Waals surface area contributed by atoms with Crippen LogP contribution in [0, 0.1) is 13.8 Å². The number of anilines is 1. The van der Waals surface area contributed by atoms with Gasteiger partial charge < -0.3 is 10.1 Å². The van der Waals surface area contributed by atoms with Crippen molar-refractivity contribution in [3.8, 4) is 10.7 Å². The van der Waals surface area contributed by atoms with E-state index in [9.17, 15) is 9.59 Å². The van der Waals surface area contributed by atoms with Crippen molar-refractivity contribution in [3.05, 3.63) is 46.8 Å². The Morgan fingerprint density at radius 3 is 2.63 bits per heavy atom. The minimum atomic E-state index is -0.947. The molecule has 0 saturated carbocycles. The van der Waals surface area contributed by atoms with Gasteiger partial charge in [0.15, 0.2) is 12.6 Å². The number of benzene rings is 1. The lowest BCUT2D eigenvalue weighted by Crippen LogP contribution is -2.32. The zero-order valence-electron chi connectivity index (χ0n) is 15.2. The normalized spacial score (nSPS) is 11.8. The molecule has 2 aromatic heterocycles. The highest BCUT2D eigenvalue weighted by Crippen LogP contribution is 2.20. The largest absolute Gasteiger partial charge is 0.451 e. The first-order chi connectivity index (χ1) is 12.9. The Kier molecular flexibility index (Phi) is 5.60. The van der Waals surface area contributed by atoms with Crippen LogP contribution in [0.2, 0.25) is 0 Å². The van der Waals surface area contributed by atoms with Gasteiger partial charge in [0.05, 0.1) is 4.88 Å². The first-order valence-electron chi connectivity index (χ1n) is 8.32. The summed E-state index contributed by atoms with van der Waals surface area (Å²) in [6.45, 7) is 5.10. The molecule has 1 N–H and O–H groups in total. The fourth-order valence-electron chi connectivity index (χ4n) is 2.45. The molecule has 0 bridgehead atoms. The molecule has 0 aliphatic carbocycles. The van der Waals surface area contributed by atoms with Crippen LogP contribution >= 0.6 is 11.3 Å². The number of aromatic nitrogens is 4. The van der Waals surface area contributed by atoms with E-state index < -0.39 is 18.0 Å². The third-order valence-corrected chi connectivity index (χ3v) is 4.74. The van der Waals surface area contributed by atoms with Crippen molar-refractivity contribution in [1.82, 2.24) is 20.2 Å². The third-order valence-electron chi connectivity index (χ3n) is 3.87. The molecule has 0 aliphatic rings. The molecule has 1 atom stereocenters. The molecule has 8 nitrogen and oxygen atoms in total. The average Bonchev–Trinajstić information content (AvgIpc) is 3.29. The maximum Gasteiger partial charge on any atom is 0.330 e. The number of carbonyl (C=O) groups excluding carboxylic acids is 2. The van der Waals surface area contributed by atoms with Crippen LogP contribution in [0.3, 0.4) is 0 Å². The maximum absolute atomic E-state index is 12.3. The lowest BCUT2D eigenvalue weighted by molar-refractivity contribution is -0.154. The topological polar surface area (TPSA) is 99.0 Å². The van der Waals surface area contributed by atoms with Crippen LogP contribution in [0.4, 0.5) is 5.69 Å². The number of esters is 1. The van der Waals surface area contributed by atoms with Crippen LogP contribution in [0.1, 0.15) is 18.1 Å². The molecule has 140 valence electrons. The molecule has 0 spiro atoms. The zero-order valence-corrected chi connectivity index (χ0v) is 16.0. The summed E-state index contributed by atoms with van der Waals surface area (Å²) in [7, 11) is 0. The molecular formula is C18H19N5O3S. The summed E-state index contributed by atoms with van der Waals surface area (Å²) in [5, 5.41) is 16.6. The molecule has 2 heterocycles. The van der Waals surface area contributed by atoms with Gasteiger partial charge in [0.25, 0.3) is 5.91 Å². The highest BCUT2D eigenvalue weighted by atomic mass is 32.1. The first-order valence-corrected chi connectivity index (χ1v) is 9.20. The van der Waals surface area contributed by atoms with E-state index in [2.05, 4.69) is 20.7 Å². The predicted molar refractivity (Wildman–Crippen MR) is 101 cm³/mol. The molecule has 0 aliphatic heterocycles. The van der Waals surface area contributed by atoms with Gasteiger partial charge in [0, 0.05) is 5.69 Å². The summed E-state index contributed by atoms with van der Waals surface area (Å²) in [4.78, 5) is 26.4. The van der Waals surface area contributed by atoms with Crippen LogP contribution in [-0.4, -0.2) is 38.2 Å². The van der Waals surface area contributed by atoms with Crippen molar-refractivity contribution in [2.45, 2.75) is 33.4 Å². The quantitative estimate of drug-likeness (QED) is 0.655. The second-order valence-corrected chi connectivity index (χ2v) is 6.96. The molecule has 0 fully saturated rings. The van der Waals surface area contributed by atoms with Crippen LogP contribution in [0.15, 0.2) is 35.7 Å².